The van der Waals surface area contributed by atoms with E-state index < -0.39 is 0 Å². The van der Waals surface area contributed by atoms with E-state index in [-0.39, 0.29) is 0 Å². The number of aryl methyl sites for hydroxylation is 1. The molecule has 152 valence electrons. The molecular formula is C22H33N5S. The van der Waals surface area contributed by atoms with Crippen LogP contribution >= 0.6 is 11.3 Å². The quantitative estimate of drug-likeness (QED) is 0.527. The van der Waals surface area contributed by atoms with E-state index in [1.165, 1.54) is 10.6 Å². The van der Waals surface area contributed by atoms with Gasteiger partial charge in [0, 0.05) is 50.6 Å². The molecule has 0 amide bonds. The Morgan fingerprint density at radius 3 is 2.68 bits per heavy atom. The SMILES string of the molecule is CCNC(=NCCc1csc(CC)n1)NC1CCN(Cc2ccccc2)CC1. The maximum atomic E-state index is 4.77. The molecule has 0 radical (unpaired) electrons. The molecule has 2 N–H and O–H groups in total. The van der Waals surface area contributed by atoms with Crippen molar-refractivity contribution in [2.45, 2.75) is 52.1 Å². The molecule has 1 aliphatic heterocycles. The van der Waals surface area contributed by atoms with E-state index >= 15 is 0 Å². The van der Waals surface area contributed by atoms with Gasteiger partial charge in [-0.05, 0) is 31.7 Å². The summed E-state index contributed by atoms with van der Waals surface area (Å²) >= 11 is 1.75. The van der Waals surface area contributed by atoms with Crippen LogP contribution in [0.3, 0.4) is 0 Å². The lowest BCUT2D eigenvalue weighted by Crippen LogP contribution is -2.48. The van der Waals surface area contributed by atoms with Gasteiger partial charge in [-0.2, -0.15) is 0 Å². The van der Waals surface area contributed by atoms with Gasteiger partial charge in [0.2, 0.25) is 0 Å². The molecule has 1 aromatic carbocycles. The summed E-state index contributed by atoms with van der Waals surface area (Å²) in [6.07, 6.45) is 4.23. The van der Waals surface area contributed by atoms with Crippen LogP contribution in [0.15, 0.2) is 40.7 Å². The molecule has 28 heavy (non-hydrogen) atoms. The molecule has 6 heteroatoms. The van der Waals surface area contributed by atoms with Crippen LogP contribution in [0.25, 0.3) is 0 Å². The molecular weight excluding hydrogens is 366 g/mol. The third kappa shape index (κ3) is 6.60. The zero-order chi connectivity index (χ0) is 19.6. The molecule has 1 fully saturated rings. The molecule has 2 aromatic rings. The molecule has 0 unspecified atom stereocenters. The average molecular weight is 400 g/mol. The van der Waals surface area contributed by atoms with Crippen molar-refractivity contribution in [3.8, 4) is 0 Å². The lowest BCUT2D eigenvalue weighted by atomic mass is 10.0. The number of hydrogen-bond acceptors (Lipinski definition) is 4. The minimum atomic E-state index is 0.496. The minimum absolute atomic E-state index is 0.496. The third-order valence-electron chi connectivity index (χ3n) is 5.06. The van der Waals surface area contributed by atoms with Gasteiger partial charge in [-0.25, -0.2) is 4.98 Å². The normalized spacial score (nSPS) is 16.3. The maximum Gasteiger partial charge on any atom is 0.191 e. The van der Waals surface area contributed by atoms with E-state index in [0.29, 0.717) is 6.04 Å². The number of rotatable bonds is 8. The van der Waals surface area contributed by atoms with Crippen molar-refractivity contribution in [3.05, 3.63) is 52.0 Å². The summed E-state index contributed by atoms with van der Waals surface area (Å²) in [6, 6.07) is 11.3. The lowest BCUT2D eigenvalue weighted by molar-refractivity contribution is 0.198. The first-order chi connectivity index (χ1) is 13.8. The second kappa shape index (κ2) is 11.2. The second-order valence-electron chi connectivity index (χ2n) is 7.28. The average Bonchev–Trinajstić information content (AvgIpc) is 3.18. The van der Waals surface area contributed by atoms with E-state index in [0.717, 1.165) is 70.1 Å². The second-order valence-corrected chi connectivity index (χ2v) is 8.22. The molecule has 1 saturated heterocycles. The van der Waals surface area contributed by atoms with Crippen LogP contribution in [-0.2, 0) is 19.4 Å². The molecule has 0 atom stereocenters. The first-order valence-corrected chi connectivity index (χ1v) is 11.4. The van der Waals surface area contributed by atoms with Crippen LogP contribution in [0.1, 0.15) is 43.0 Å². The fourth-order valence-corrected chi connectivity index (χ4v) is 4.28. The van der Waals surface area contributed by atoms with Crippen LogP contribution in [0, 0.1) is 0 Å². The number of aromatic nitrogens is 1. The van der Waals surface area contributed by atoms with Crippen LogP contribution in [-0.4, -0.2) is 48.1 Å². The minimum Gasteiger partial charge on any atom is -0.357 e. The van der Waals surface area contributed by atoms with Gasteiger partial charge in [0.05, 0.1) is 10.7 Å². The predicted octanol–water partition coefficient (Wildman–Crippen LogP) is 3.47. The number of guanidine groups is 1. The van der Waals surface area contributed by atoms with Crippen molar-refractivity contribution < 1.29 is 0 Å². The summed E-state index contributed by atoms with van der Waals surface area (Å²) in [6.45, 7) is 9.24. The number of thiazole rings is 1. The molecule has 0 saturated carbocycles. The van der Waals surface area contributed by atoms with Gasteiger partial charge in [0.15, 0.2) is 5.96 Å². The zero-order valence-corrected chi connectivity index (χ0v) is 18.0. The van der Waals surface area contributed by atoms with Gasteiger partial charge in [-0.1, -0.05) is 37.3 Å². The highest BCUT2D eigenvalue weighted by Crippen LogP contribution is 2.14. The number of likely N-dealkylation sites (tertiary alicyclic amines) is 1. The lowest BCUT2D eigenvalue weighted by Gasteiger charge is -2.33. The van der Waals surface area contributed by atoms with E-state index in [2.05, 4.69) is 70.1 Å². The van der Waals surface area contributed by atoms with Gasteiger partial charge in [0.1, 0.15) is 0 Å². The molecule has 0 aliphatic carbocycles. The number of nitrogens with one attached hydrogen (secondary N) is 2. The van der Waals surface area contributed by atoms with Crippen molar-refractivity contribution in [1.82, 2.24) is 20.5 Å². The number of piperidine rings is 1. The van der Waals surface area contributed by atoms with Crippen molar-refractivity contribution in [2.75, 3.05) is 26.2 Å². The number of aliphatic imine (C=N–C) groups is 1. The number of benzene rings is 1. The largest absolute Gasteiger partial charge is 0.357 e. The van der Waals surface area contributed by atoms with Crippen molar-refractivity contribution >= 4 is 17.3 Å². The first kappa shape index (κ1) is 20.8. The predicted molar refractivity (Wildman–Crippen MR) is 119 cm³/mol. The summed E-state index contributed by atoms with van der Waals surface area (Å²) in [5.74, 6) is 0.940. The topological polar surface area (TPSA) is 52.6 Å². The van der Waals surface area contributed by atoms with Crippen LogP contribution in [0.4, 0.5) is 0 Å². The molecule has 0 spiro atoms. The Hall–Kier alpha value is -1.92. The summed E-state index contributed by atoms with van der Waals surface area (Å²) in [5.41, 5.74) is 2.56. The summed E-state index contributed by atoms with van der Waals surface area (Å²) in [4.78, 5) is 11.9. The highest BCUT2D eigenvalue weighted by atomic mass is 32.1. The van der Waals surface area contributed by atoms with Gasteiger partial charge in [-0.15, -0.1) is 11.3 Å². The highest BCUT2D eigenvalue weighted by molar-refractivity contribution is 7.09. The fraction of sp³-hybridized carbons (Fsp3) is 0.545. The van der Waals surface area contributed by atoms with E-state index in [1.807, 2.05) is 0 Å². The molecule has 2 heterocycles. The Bertz CT molecular complexity index is 720. The molecule has 5 nitrogen and oxygen atoms in total. The van der Waals surface area contributed by atoms with E-state index in [9.17, 15) is 0 Å². The molecule has 0 bridgehead atoms. The Balaban J connectivity index is 1.43. The summed E-state index contributed by atoms with van der Waals surface area (Å²) in [5, 5.41) is 10.4. The Labute approximate surface area is 173 Å². The smallest absolute Gasteiger partial charge is 0.191 e. The standard InChI is InChI=1S/C22H33N5S/c1-3-21-25-20(17-28-21)10-13-24-22(23-4-2)26-19-11-14-27(15-12-19)16-18-8-6-5-7-9-18/h5-9,17,19H,3-4,10-16H2,1-2H3,(H2,23,24,26). The Morgan fingerprint density at radius 1 is 1.21 bits per heavy atom. The van der Waals surface area contributed by atoms with Crippen LogP contribution < -0.4 is 10.6 Å². The first-order valence-electron chi connectivity index (χ1n) is 10.5. The fourth-order valence-electron chi connectivity index (χ4n) is 3.50. The van der Waals surface area contributed by atoms with Gasteiger partial charge in [-0.3, -0.25) is 9.89 Å². The van der Waals surface area contributed by atoms with Gasteiger partial charge < -0.3 is 10.6 Å². The highest BCUT2D eigenvalue weighted by Gasteiger charge is 2.20. The van der Waals surface area contributed by atoms with E-state index in [4.69, 9.17) is 4.99 Å². The van der Waals surface area contributed by atoms with Crippen LogP contribution in [0.5, 0.6) is 0 Å². The van der Waals surface area contributed by atoms with Gasteiger partial charge >= 0.3 is 0 Å². The Kier molecular flexibility index (Phi) is 8.30. The number of nitrogens with zero attached hydrogens (tertiary/aromatic N) is 3. The number of hydrogen-bond donors (Lipinski definition) is 2. The zero-order valence-electron chi connectivity index (χ0n) is 17.2. The molecule has 1 aromatic heterocycles. The summed E-state index contributed by atoms with van der Waals surface area (Å²) in [7, 11) is 0. The van der Waals surface area contributed by atoms with Crippen molar-refractivity contribution in [3.63, 3.8) is 0 Å². The maximum absolute atomic E-state index is 4.77. The van der Waals surface area contributed by atoms with Gasteiger partial charge in [0.25, 0.3) is 0 Å². The van der Waals surface area contributed by atoms with Crippen molar-refractivity contribution in [2.24, 2.45) is 4.99 Å². The van der Waals surface area contributed by atoms with Crippen molar-refractivity contribution in [1.29, 1.82) is 0 Å². The summed E-state index contributed by atoms with van der Waals surface area (Å²) < 4.78 is 0. The molecule has 1 aliphatic rings. The van der Waals surface area contributed by atoms with Crippen LogP contribution in [0.2, 0.25) is 0 Å². The monoisotopic (exact) mass is 399 g/mol. The Morgan fingerprint density at radius 2 is 2.00 bits per heavy atom. The third-order valence-corrected chi connectivity index (χ3v) is 6.10. The molecule has 3 rings (SSSR count). The van der Waals surface area contributed by atoms with E-state index in [1.54, 1.807) is 11.3 Å².